The van der Waals surface area contributed by atoms with Gasteiger partial charge in [-0.1, -0.05) is 48.5 Å². The van der Waals surface area contributed by atoms with Crippen LogP contribution in [0.3, 0.4) is 0 Å². The Hall–Kier alpha value is -0.680. The molecular weight excluding hydrogens is 849 g/mol. The Morgan fingerprint density at radius 1 is 0.677 bits per heavy atom. The molecule has 3 aliphatic heterocycles. The summed E-state index contributed by atoms with van der Waals surface area (Å²) in [6, 6.07) is 0. The molecule has 3 heterocycles. The predicted octanol–water partition coefficient (Wildman–Crippen LogP) is -0.677. The number of aliphatic hydroxyl groups excluding tert-OH is 13. The molecule has 27 atom stereocenters. The first-order valence-electron chi connectivity index (χ1n) is 24.5. The fraction of sp³-hybridized carbons (Fsp3) is 1.00. The Bertz CT molecular complexity index is 1700. The van der Waals surface area contributed by atoms with Crippen LogP contribution >= 0.6 is 0 Å². The first-order valence-corrected chi connectivity index (χ1v) is 24.5. The summed E-state index contributed by atoms with van der Waals surface area (Å²) in [5.74, 6) is -0.825. The molecule has 65 heavy (non-hydrogen) atoms. The number of ether oxygens (including phenoxy) is 4. The maximum absolute atomic E-state index is 11.9. The van der Waals surface area contributed by atoms with E-state index in [1.807, 2.05) is 0 Å². The molecule has 0 amide bonds. The van der Waals surface area contributed by atoms with E-state index in [2.05, 4.69) is 34.6 Å². The van der Waals surface area contributed by atoms with Crippen molar-refractivity contribution < 1.29 is 85.3 Å². The van der Waals surface area contributed by atoms with Crippen LogP contribution in [0.2, 0.25) is 0 Å². The molecule has 3 saturated heterocycles. The van der Waals surface area contributed by atoms with E-state index in [-0.39, 0.29) is 40.9 Å². The Labute approximate surface area is 383 Å². The van der Waals surface area contributed by atoms with Gasteiger partial charge >= 0.3 is 0 Å². The van der Waals surface area contributed by atoms with Crippen LogP contribution in [-0.4, -0.2) is 190 Å². The largest absolute Gasteiger partial charge is 0.394 e. The Morgan fingerprint density at radius 3 is 1.91 bits per heavy atom. The Morgan fingerprint density at radius 2 is 1.28 bits per heavy atom. The molecule has 0 aromatic carbocycles. The van der Waals surface area contributed by atoms with Crippen LogP contribution in [0.15, 0.2) is 0 Å². The summed E-state index contributed by atoms with van der Waals surface area (Å²) in [6.45, 7) is 14.8. The van der Waals surface area contributed by atoms with Crippen molar-refractivity contribution in [1.82, 2.24) is 0 Å². The highest BCUT2D eigenvalue weighted by Gasteiger charge is 2.85. The molecule has 17 nitrogen and oxygen atoms in total. The first kappa shape index (κ1) is 50.7. The van der Waals surface area contributed by atoms with Gasteiger partial charge in [0.25, 0.3) is 0 Å². The van der Waals surface area contributed by atoms with E-state index in [1.165, 1.54) is 0 Å². The maximum atomic E-state index is 11.9. The van der Waals surface area contributed by atoms with Gasteiger partial charge < -0.3 is 85.3 Å². The summed E-state index contributed by atoms with van der Waals surface area (Å²) in [5.41, 5.74) is -2.95. The molecule has 376 valence electrons. The fourth-order valence-corrected chi connectivity index (χ4v) is 16.7. The highest BCUT2D eigenvalue weighted by molar-refractivity contribution is 5.33. The smallest absolute Gasteiger partial charge is 0.186 e. The van der Waals surface area contributed by atoms with E-state index in [4.69, 9.17) is 18.9 Å². The topological polar surface area (TPSA) is 300 Å². The second-order valence-electron chi connectivity index (χ2n) is 24.2. The summed E-state index contributed by atoms with van der Waals surface area (Å²) < 4.78 is 25.4. The Balaban J connectivity index is 1.14. The third kappa shape index (κ3) is 7.32. The van der Waals surface area contributed by atoms with Crippen molar-refractivity contribution in [2.75, 3.05) is 13.2 Å². The van der Waals surface area contributed by atoms with Crippen molar-refractivity contribution in [2.45, 2.75) is 223 Å². The average Bonchev–Trinajstić information content (AvgIpc) is 3.85. The van der Waals surface area contributed by atoms with Gasteiger partial charge in [-0.05, 0) is 121 Å². The zero-order valence-corrected chi connectivity index (χ0v) is 39.5. The lowest BCUT2D eigenvalue weighted by Crippen LogP contribution is -2.64. The lowest BCUT2D eigenvalue weighted by Gasteiger charge is -2.65. The fourth-order valence-electron chi connectivity index (χ4n) is 16.7. The third-order valence-corrected chi connectivity index (χ3v) is 20.6. The van der Waals surface area contributed by atoms with E-state index in [0.717, 1.165) is 25.7 Å². The molecule has 0 bridgehead atoms. The molecule has 0 aromatic heterocycles. The zero-order chi connectivity index (χ0) is 47.9. The first-order chi connectivity index (χ1) is 30.2. The van der Waals surface area contributed by atoms with Crippen molar-refractivity contribution in [2.24, 2.45) is 62.1 Å². The van der Waals surface area contributed by atoms with Gasteiger partial charge in [0.2, 0.25) is 0 Å². The minimum absolute atomic E-state index is 0.0232. The molecule has 17 heteroatoms. The standard InChI is InChI=1S/C48H82O17/c1-20(9-10-27(51)44(5,6)41-37(60)35(58)32(55)25(18-50)64-41)29-22(39-36(59)34(57)31(54)24(17-49)63-39)16-46(8)26-15-23(65-42-38(61)33(56)30(53)21(2)62-42)40-43(3,4)28(52)11-12-48(40)19-47(26,48)14-13-45(29,46)7/h20-42,49-61H,9-19H2,1-8H3/t20-,21+,22+,23+,24-,25-,26+,27+,28+,29+,30+,31-,32-,33-,34+,35+,36-,37-,38-,39+,40+,41-,42+,45-,46+,47+,48-/m1/s1. The predicted molar refractivity (Wildman–Crippen MR) is 230 cm³/mol. The summed E-state index contributed by atoms with van der Waals surface area (Å²) in [7, 11) is 0. The van der Waals surface area contributed by atoms with Gasteiger partial charge in [-0.15, -0.1) is 0 Å². The normalized spacial score (nSPS) is 56.2. The molecular formula is C48H82O17. The zero-order valence-electron chi connectivity index (χ0n) is 39.5. The summed E-state index contributed by atoms with van der Waals surface area (Å²) in [5, 5.41) is 143. The van der Waals surface area contributed by atoms with Gasteiger partial charge in [0.15, 0.2) is 6.29 Å². The minimum atomic E-state index is -1.60. The summed E-state index contributed by atoms with van der Waals surface area (Å²) in [6.07, 6.45) is -16.3. The second-order valence-corrected chi connectivity index (χ2v) is 24.2. The number of fused-ring (bicyclic) bond motifs is 2. The highest BCUT2D eigenvalue weighted by atomic mass is 16.7. The van der Waals surface area contributed by atoms with E-state index in [1.54, 1.807) is 20.8 Å². The minimum Gasteiger partial charge on any atom is -0.394 e. The van der Waals surface area contributed by atoms with Crippen molar-refractivity contribution in [1.29, 1.82) is 0 Å². The number of hydrogen-bond donors (Lipinski definition) is 13. The molecule has 2 spiro atoms. The van der Waals surface area contributed by atoms with E-state index in [0.29, 0.717) is 25.7 Å². The summed E-state index contributed by atoms with van der Waals surface area (Å²) in [4.78, 5) is 0. The number of aliphatic hydroxyl groups is 13. The lowest BCUT2D eigenvalue weighted by atomic mass is 9.41. The van der Waals surface area contributed by atoms with Crippen molar-refractivity contribution >= 4 is 0 Å². The quantitative estimate of drug-likeness (QED) is 0.114. The van der Waals surface area contributed by atoms with E-state index in [9.17, 15) is 66.4 Å². The van der Waals surface area contributed by atoms with Gasteiger partial charge in [-0.3, -0.25) is 0 Å². The number of rotatable bonds is 11. The van der Waals surface area contributed by atoms with Gasteiger partial charge in [0.1, 0.15) is 67.1 Å². The average molecular weight is 931 g/mol. The van der Waals surface area contributed by atoms with Crippen LogP contribution < -0.4 is 0 Å². The van der Waals surface area contributed by atoms with Gasteiger partial charge in [-0.2, -0.15) is 0 Å². The van der Waals surface area contributed by atoms with Crippen LogP contribution in [0.5, 0.6) is 0 Å². The molecule has 13 N–H and O–H groups in total. The molecule has 5 saturated carbocycles. The molecule has 0 radical (unpaired) electrons. The van der Waals surface area contributed by atoms with Crippen molar-refractivity contribution in [3.8, 4) is 0 Å². The highest BCUT2D eigenvalue weighted by Crippen LogP contribution is 2.89. The molecule has 8 rings (SSSR count). The maximum Gasteiger partial charge on any atom is 0.186 e. The summed E-state index contributed by atoms with van der Waals surface area (Å²) >= 11 is 0. The lowest BCUT2D eigenvalue weighted by molar-refractivity contribution is -0.325. The van der Waals surface area contributed by atoms with Gasteiger partial charge in [0, 0.05) is 5.41 Å². The number of hydrogen-bond acceptors (Lipinski definition) is 17. The van der Waals surface area contributed by atoms with Crippen LogP contribution in [0.1, 0.15) is 113 Å². The SMILES string of the molecule is C[C@H](CC[C@H](O)C(C)(C)[C@@H]1O[C@H](CO)[C@@H](O)[C@H](O)[C@H]1O)[C@H]1[C@@H]([C@@H]2O[C@H](CO)[C@@H](O)[C@H](O)[C@H]2O)C[C@@]2(C)[C@@H]3C[C@H](O[C@@H]4O[C@@H](C)[C@H](O)[C@@H](O)[C@H]4O)[C@H]4C(C)(C)[C@@H](O)CC[C@@]45C[C@@]35CC[C@]12C. The third-order valence-electron chi connectivity index (χ3n) is 20.6. The molecule has 0 unspecified atom stereocenters. The molecule has 5 aliphatic carbocycles. The van der Waals surface area contributed by atoms with Crippen LogP contribution in [0, 0.1) is 62.1 Å². The van der Waals surface area contributed by atoms with E-state index >= 15 is 0 Å². The van der Waals surface area contributed by atoms with Crippen LogP contribution in [-0.2, 0) is 18.9 Å². The van der Waals surface area contributed by atoms with Crippen molar-refractivity contribution in [3.63, 3.8) is 0 Å². The molecule has 8 aliphatic rings. The van der Waals surface area contributed by atoms with Gasteiger partial charge in [0.05, 0.1) is 49.8 Å². The van der Waals surface area contributed by atoms with Crippen LogP contribution in [0.4, 0.5) is 0 Å². The second kappa shape index (κ2) is 17.3. The Kier molecular flexibility index (Phi) is 13.5. The monoisotopic (exact) mass is 931 g/mol. The molecule has 8 fully saturated rings. The molecule has 0 aromatic rings. The van der Waals surface area contributed by atoms with E-state index < -0.39 is 151 Å². The van der Waals surface area contributed by atoms with Gasteiger partial charge in [-0.25, -0.2) is 0 Å². The van der Waals surface area contributed by atoms with Crippen molar-refractivity contribution in [3.05, 3.63) is 0 Å². The van der Waals surface area contributed by atoms with Crippen LogP contribution in [0.25, 0.3) is 0 Å².